The SMILES string of the molecule is CN(C)CCc1ccco1.I. The first-order chi connectivity index (χ1) is 4.79. The van der Waals surface area contributed by atoms with E-state index in [1.165, 1.54) is 0 Å². The molecule has 1 aromatic heterocycles. The van der Waals surface area contributed by atoms with E-state index in [9.17, 15) is 0 Å². The molecule has 1 heterocycles. The van der Waals surface area contributed by atoms with Crippen molar-refractivity contribution in [1.82, 2.24) is 4.90 Å². The number of furan rings is 1. The lowest BCUT2D eigenvalue weighted by Crippen LogP contribution is -2.14. The van der Waals surface area contributed by atoms with E-state index >= 15 is 0 Å². The third kappa shape index (κ3) is 4.42. The Morgan fingerprint density at radius 2 is 2.18 bits per heavy atom. The van der Waals surface area contributed by atoms with Crippen molar-refractivity contribution in [2.75, 3.05) is 20.6 Å². The summed E-state index contributed by atoms with van der Waals surface area (Å²) in [4.78, 5) is 2.14. The van der Waals surface area contributed by atoms with Gasteiger partial charge < -0.3 is 9.32 Å². The number of hydrogen-bond acceptors (Lipinski definition) is 2. The summed E-state index contributed by atoms with van der Waals surface area (Å²) in [6.45, 7) is 1.05. The molecule has 0 atom stereocenters. The molecule has 3 heteroatoms. The summed E-state index contributed by atoms with van der Waals surface area (Å²) in [7, 11) is 4.12. The van der Waals surface area contributed by atoms with Crippen molar-refractivity contribution in [2.45, 2.75) is 6.42 Å². The maximum Gasteiger partial charge on any atom is 0.105 e. The minimum absolute atomic E-state index is 0. The van der Waals surface area contributed by atoms with Gasteiger partial charge in [-0.1, -0.05) is 0 Å². The molecule has 1 aromatic rings. The third-order valence-corrected chi connectivity index (χ3v) is 1.39. The molecule has 0 aromatic carbocycles. The molecule has 2 nitrogen and oxygen atoms in total. The van der Waals surface area contributed by atoms with E-state index < -0.39 is 0 Å². The lowest BCUT2D eigenvalue weighted by atomic mass is 10.3. The third-order valence-electron chi connectivity index (χ3n) is 1.39. The average Bonchev–Trinajstić information content (AvgIpc) is 2.34. The zero-order valence-electron chi connectivity index (χ0n) is 6.91. The number of rotatable bonds is 3. The quantitative estimate of drug-likeness (QED) is 0.779. The normalized spacial score (nSPS) is 9.73. The highest BCUT2D eigenvalue weighted by Crippen LogP contribution is 2.00. The first-order valence-electron chi connectivity index (χ1n) is 3.46. The summed E-state index contributed by atoms with van der Waals surface area (Å²) in [6, 6.07) is 3.93. The van der Waals surface area contributed by atoms with Crippen LogP contribution in [0.25, 0.3) is 0 Å². The second-order valence-corrected chi connectivity index (χ2v) is 2.63. The fourth-order valence-corrected chi connectivity index (χ4v) is 0.789. The van der Waals surface area contributed by atoms with Gasteiger partial charge >= 0.3 is 0 Å². The van der Waals surface area contributed by atoms with Gasteiger partial charge in [-0.2, -0.15) is 0 Å². The second kappa shape index (κ2) is 5.60. The van der Waals surface area contributed by atoms with Gasteiger partial charge in [-0.05, 0) is 26.2 Å². The molecule has 0 aliphatic heterocycles. The molecule has 0 saturated carbocycles. The van der Waals surface area contributed by atoms with Gasteiger partial charge in [-0.3, -0.25) is 0 Å². The summed E-state index contributed by atoms with van der Waals surface area (Å²) < 4.78 is 5.16. The molecule has 11 heavy (non-hydrogen) atoms. The van der Waals surface area contributed by atoms with Crippen LogP contribution in [0.1, 0.15) is 5.76 Å². The molecular formula is C8H14INO. The molecule has 0 saturated heterocycles. The van der Waals surface area contributed by atoms with Crippen molar-refractivity contribution >= 4 is 24.0 Å². The maximum absolute atomic E-state index is 5.16. The fourth-order valence-electron chi connectivity index (χ4n) is 0.789. The zero-order valence-corrected chi connectivity index (χ0v) is 9.24. The van der Waals surface area contributed by atoms with Crippen molar-refractivity contribution in [3.05, 3.63) is 24.2 Å². The van der Waals surface area contributed by atoms with E-state index in [1.54, 1.807) is 6.26 Å². The van der Waals surface area contributed by atoms with Crippen LogP contribution in [0.4, 0.5) is 0 Å². The van der Waals surface area contributed by atoms with E-state index in [0.717, 1.165) is 18.7 Å². The Morgan fingerprint density at radius 3 is 2.64 bits per heavy atom. The van der Waals surface area contributed by atoms with Crippen LogP contribution in [0.2, 0.25) is 0 Å². The van der Waals surface area contributed by atoms with Gasteiger partial charge in [0.1, 0.15) is 5.76 Å². The molecule has 0 unspecified atom stereocenters. The highest BCUT2D eigenvalue weighted by atomic mass is 127. The van der Waals surface area contributed by atoms with Crippen LogP contribution in [0, 0.1) is 0 Å². The van der Waals surface area contributed by atoms with Crippen LogP contribution < -0.4 is 0 Å². The molecule has 64 valence electrons. The highest BCUT2D eigenvalue weighted by Gasteiger charge is 1.94. The van der Waals surface area contributed by atoms with Crippen LogP contribution >= 0.6 is 24.0 Å². The molecule has 0 N–H and O–H groups in total. The van der Waals surface area contributed by atoms with Crippen LogP contribution in [-0.2, 0) is 6.42 Å². The smallest absolute Gasteiger partial charge is 0.105 e. The van der Waals surface area contributed by atoms with Crippen molar-refractivity contribution in [3.8, 4) is 0 Å². The van der Waals surface area contributed by atoms with Crippen molar-refractivity contribution in [1.29, 1.82) is 0 Å². The van der Waals surface area contributed by atoms with Gasteiger partial charge in [-0.25, -0.2) is 0 Å². The number of hydrogen-bond donors (Lipinski definition) is 0. The van der Waals surface area contributed by atoms with E-state index in [-0.39, 0.29) is 24.0 Å². The first kappa shape index (κ1) is 11.0. The standard InChI is InChI=1S/C8H13NO.HI/c1-9(2)6-5-8-4-3-7-10-8;/h3-4,7H,5-6H2,1-2H3;1H. The summed E-state index contributed by atoms with van der Waals surface area (Å²) in [5, 5.41) is 0. The van der Waals surface area contributed by atoms with Crippen molar-refractivity contribution in [2.24, 2.45) is 0 Å². The molecule has 0 radical (unpaired) electrons. The van der Waals surface area contributed by atoms with Crippen molar-refractivity contribution < 1.29 is 4.42 Å². The van der Waals surface area contributed by atoms with Gasteiger partial charge in [0.25, 0.3) is 0 Å². The average molecular weight is 267 g/mol. The van der Waals surface area contributed by atoms with E-state index in [4.69, 9.17) is 4.42 Å². The lowest BCUT2D eigenvalue weighted by Gasteiger charge is -2.06. The van der Waals surface area contributed by atoms with E-state index in [1.807, 2.05) is 12.1 Å². The van der Waals surface area contributed by atoms with E-state index in [2.05, 4.69) is 19.0 Å². The summed E-state index contributed by atoms with van der Waals surface area (Å²) in [6.07, 6.45) is 2.71. The highest BCUT2D eigenvalue weighted by molar-refractivity contribution is 14.0. The fraction of sp³-hybridized carbons (Fsp3) is 0.500. The molecular weight excluding hydrogens is 253 g/mol. The Kier molecular flexibility index (Phi) is 5.58. The molecule has 0 bridgehead atoms. The summed E-state index contributed by atoms with van der Waals surface area (Å²) >= 11 is 0. The Bertz CT molecular complexity index is 172. The Labute approximate surface area is 84.6 Å². The molecule has 0 aliphatic carbocycles. The lowest BCUT2D eigenvalue weighted by molar-refractivity contribution is 0.390. The monoisotopic (exact) mass is 267 g/mol. The van der Waals surface area contributed by atoms with Gasteiger partial charge in [-0.15, -0.1) is 24.0 Å². The Balaban J connectivity index is 0.000001000. The second-order valence-electron chi connectivity index (χ2n) is 2.63. The predicted molar refractivity (Wildman–Crippen MR) is 56.4 cm³/mol. The molecule has 0 fully saturated rings. The topological polar surface area (TPSA) is 16.4 Å². The Hall–Kier alpha value is -0.0300. The Morgan fingerprint density at radius 1 is 1.45 bits per heavy atom. The predicted octanol–water partition coefficient (Wildman–Crippen LogP) is 2.00. The molecule has 0 amide bonds. The maximum atomic E-state index is 5.16. The van der Waals surface area contributed by atoms with Crippen LogP contribution in [-0.4, -0.2) is 25.5 Å². The largest absolute Gasteiger partial charge is 0.469 e. The number of nitrogens with zero attached hydrogens (tertiary/aromatic N) is 1. The van der Waals surface area contributed by atoms with Crippen LogP contribution in [0.3, 0.4) is 0 Å². The van der Waals surface area contributed by atoms with Crippen molar-refractivity contribution in [3.63, 3.8) is 0 Å². The summed E-state index contributed by atoms with van der Waals surface area (Å²) in [5.41, 5.74) is 0. The van der Waals surface area contributed by atoms with E-state index in [0.29, 0.717) is 0 Å². The molecule has 0 spiro atoms. The van der Waals surface area contributed by atoms with Crippen LogP contribution in [0.15, 0.2) is 22.8 Å². The van der Waals surface area contributed by atoms with Gasteiger partial charge in [0.05, 0.1) is 6.26 Å². The minimum atomic E-state index is 0. The van der Waals surface area contributed by atoms with Crippen LogP contribution in [0.5, 0.6) is 0 Å². The molecule has 1 rings (SSSR count). The summed E-state index contributed by atoms with van der Waals surface area (Å²) in [5.74, 6) is 1.06. The zero-order chi connectivity index (χ0) is 7.40. The van der Waals surface area contributed by atoms with Gasteiger partial charge in [0, 0.05) is 13.0 Å². The van der Waals surface area contributed by atoms with Gasteiger partial charge in [0.2, 0.25) is 0 Å². The number of likely N-dealkylation sites (N-methyl/N-ethyl adjacent to an activating group) is 1. The molecule has 0 aliphatic rings. The van der Waals surface area contributed by atoms with Gasteiger partial charge in [0.15, 0.2) is 0 Å². The first-order valence-corrected chi connectivity index (χ1v) is 3.46. The number of halogens is 1. The minimum Gasteiger partial charge on any atom is -0.469 e.